The summed E-state index contributed by atoms with van der Waals surface area (Å²) in [6.45, 7) is 3.32. The summed E-state index contributed by atoms with van der Waals surface area (Å²) >= 11 is 0. The van der Waals surface area contributed by atoms with Gasteiger partial charge in [-0.3, -0.25) is 0 Å². The smallest absolute Gasteiger partial charge is 0.393 e. The Bertz CT molecular complexity index is 363. The fourth-order valence-electron chi connectivity index (χ4n) is 1.72. The summed E-state index contributed by atoms with van der Waals surface area (Å²) in [5.41, 5.74) is 0. The van der Waals surface area contributed by atoms with Gasteiger partial charge >= 0.3 is 11.9 Å². The molecule has 0 aliphatic carbocycles. The van der Waals surface area contributed by atoms with E-state index in [0.29, 0.717) is 19.1 Å². The Morgan fingerprint density at radius 3 is 2.93 bits per heavy atom. The van der Waals surface area contributed by atoms with E-state index in [4.69, 9.17) is 14.3 Å². The molecule has 1 aliphatic rings. The van der Waals surface area contributed by atoms with Crippen molar-refractivity contribution in [3.8, 4) is 0 Å². The molecule has 0 radical (unpaired) electrons. The van der Waals surface area contributed by atoms with Gasteiger partial charge in [-0.25, -0.2) is 4.79 Å². The zero-order valence-corrected chi connectivity index (χ0v) is 8.34. The minimum atomic E-state index is -1.19. The van der Waals surface area contributed by atoms with Gasteiger partial charge in [0.2, 0.25) is 5.89 Å². The second-order valence-electron chi connectivity index (χ2n) is 3.70. The van der Waals surface area contributed by atoms with Gasteiger partial charge in [-0.15, -0.1) is 10.2 Å². The van der Waals surface area contributed by atoms with E-state index >= 15 is 0 Å². The molecule has 15 heavy (non-hydrogen) atoms. The number of hydrogen-bond acceptors (Lipinski definition) is 5. The summed E-state index contributed by atoms with van der Waals surface area (Å²) < 4.78 is 10.4. The topological polar surface area (TPSA) is 85.5 Å². The molecule has 0 bridgehead atoms. The largest absolute Gasteiger partial charge is 0.474 e. The van der Waals surface area contributed by atoms with E-state index in [0.717, 1.165) is 6.42 Å². The number of rotatable bonds is 2. The van der Waals surface area contributed by atoms with E-state index in [9.17, 15) is 4.79 Å². The number of ether oxygens (including phenoxy) is 1. The average Bonchev–Trinajstić information content (AvgIpc) is 2.67. The molecule has 6 heteroatoms. The van der Waals surface area contributed by atoms with Gasteiger partial charge in [-0.05, 0) is 12.3 Å². The lowest BCUT2D eigenvalue weighted by Gasteiger charge is -2.25. The molecular weight excluding hydrogens is 200 g/mol. The van der Waals surface area contributed by atoms with E-state index in [1.54, 1.807) is 0 Å². The van der Waals surface area contributed by atoms with Crippen molar-refractivity contribution < 1.29 is 19.1 Å². The maximum Gasteiger partial charge on any atom is 0.393 e. The van der Waals surface area contributed by atoms with Crippen molar-refractivity contribution in [2.24, 2.45) is 5.92 Å². The maximum atomic E-state index is 10.6. The van der Waals surface area contributed by atoms with Gasteiger partial charge in [0, 0.05) is 19.1 Å². The van der Waals surface area contributed by atoms with Gasteiger partial charge in [0.05, 0.1) is 0 Å². The number of carbonyl (C=O) groups is 1. The predicted molar refractivity (Wildman–Crippen MR) is 48.6 cm³/mol. The lowest BCUT2D eigenvalue weighted by molar-refractivity contribution is 0.0398. The van der Waals surface area contributed by atoms with Crippen LogP contribution < -0.4 is 0 Å². The lowest BCUT2D eigenvalue weighted by Crippen LogP contribution is -2.23. The Kier molecular flexibility index (Phi) is 2.68. The van der Waals surface area contributed by atoms with Crippen LogP contribution in [0.1, 0.15) is 35.8 Å². The van der Waals surface area contributed by atoms with Crippen molar-refractivity contribution >= 4 is 5.97 Å². The van der Waals surface area contributed by atoms with Gasteiger partial charge in [0.25, 0.3) is 0 Å². The SMILES string of the molecule is CC1COCCC1c1nnc(C(=O)O)o1. The number of carboxylic acids is 1. The molecule has 0 saturated carbocycles. The molecule has 0 aromatic carbocycles. The molecule has 6 nitrogen and oxygen atoms in total. The van der Waals surface area contributed by atoms with Crippen molar-refractivity contribution in [3.05, 3.63) is 11.8 Å². The highest BCUT2D eigenvalue weighted by molar-refractivity contribution is 5.81. The highest BCUT2D eigenvalue weighted by Gasteiger charge is 2.29. The van der Waals surface area contributed by atoms with Crippen molar-refractivity contribution in [1.29, 1.82) is 0 Å². The van der Waals surface area contributed by atoms with E-state index < -0.39 is 5.97 Å². The second-order valence-corrected chi connectivity index (χ2v) is 3.70. The van der Waals surface area contributed by atoms with Crippen molar-refractivity contribution in [1.82, 2.24) is 10.2 Å². The van der Waals surface area contributed by atoms with E-state index in [2.05, 4.69) is 10.2 Å². The molecule has 2 atom stereocenters. The Balaban J connectivity index is 2.17. The minimum absolute atomic E-state index is 0.111. The zero-order valence-electron chi connectivity index (χ0n) is 8.34. The molecule has 2 rings (SSSR count). The van der Waals surface area contributed by atoms with E-state index in [1.807, 2.05) is 6.92 Å². The van der Waals surface area contributed by atoms with Gasteiger partial charge in [0.1, 0.15) is 0 Å². The molecule has 1 aromatic rings. The first-order valence-corrected chi connectivity index (χ1v) is 4.83. The van der Waals surface area contributed by atoms with Crippen molar-refractivity contribution in [2.75, 3.05) is 13.2 Å². The summed E-state index contributed by atoms with van der Waals surface area (Å²) in [4.78, 5) is 10.6. The molecule has 2 unspecified atom stereocenters. The molecule has 1 aliphatic heterocycles. The molecule has 1 aromatic heterocycles. The van der Waals surface area contributed by atoms with Crippen LogP contribution >= 0.6 is 0 Å². The third kappa shape index (κ3) is 1.99. The number of aromatic nitrogens is 2. The van der Waals surface area contributed by atoms with E-state index in [-0.39, 0.29) is 17.7 Å². The molecule has 82 valence electrons. The van der Waals surface area contributed by atoms with Crippen LogP contribution in [0.3, 0.4) is 0 Å². The maximum absolute atomic E-state index is 10.6. The Hall–Kier alpha value is -1.43. The first-order valence-electron chi connectivity index (χ1n) is 4.83. The van der Waals surface area contributed by atoms with Crippen LogP contribution in [0.15, 0.2) is 4.42 Å². The highest BCUT2D eigenvalue weighted by Crippen LogP contribution is 2.30. The fraction of sp³-hybridized carbons (Fsp3) is 0.667. The first kappa shape index (κ1) is 10.1. The number of nitrogens with zero attached hydrogens (tertiary/aromatic N) is 2. The minimum Gasteiger partial charge on any atom is -0.474 e. The average molecular weight is 212 g/mol. The summed E-state index contributed by atoms with van der Waals surface area (Å²) in [7, 11) is 0. The summed E-state index contributed by atoms with van der Waals surface area (Å²) in [5.74, 6) is -0.736. The molecule has 1 N–H and O–H groups in total. The third-order valence-electron chi connectivity index (χ3n) is 2.58. The molecular formula is C9H12N2O4. The van der Waals surface area contributed by atoms with Crippen LogP contribution in [-0.2, 0) is 4.74 Å². The first-order chi connectivity index (χ1) is 7.18. The second kappa shape index (κ2) is 3.98. The van der Waals surface area contributed by atoms with Crippen LogP contribution in [0.5, 0.6) is 0 Å². The van der Waals surface area contributed by atoms with Crippen molar-refractivity contribution in [2.45, 2.75) is 19.3 Å². The summed E-state index contributed by atoms with van der Waals surface area (Å²) in [5, 5.41) is 15.9. The van der Waals surface area contributed by atoms with Crippen LogP contribution in [0.4, 0.5) is 0 Å². The lowest BCUT2D eigenvalue weighted by atomic mass is 9.90. The number of carboxylic acid groups (broad SMARTS) is 1. The van der Waals surface area contributed by atoms with Crippen molar-refractivity contribution in [3.63, 3.8) is 0 Å². The quantitative estimate of drug-likeness (QED) is 0.784. The predicted octanol–water partition coefficient (Wildman–Crippen LogP) is 0.908. The molecule has 2 heterocycles. The van der Waals surface area contributed by atoms with Crippen LogP contribution in [0, 0.1) is 5.92 Å². The Morgan fingerprint density at radius 2 is 2.33 bits per heavy atom. The zero-order chi connectivity index (χ0) is 10.8. The third-order valence-corrected chi connectivity index (χ3v) is 2.58. The van der Waals surface area contributed by atoms with Gasteiger partial charge in [-0.1, -0.05) is 6.92 Å². The molecule has 1 saturated heterocycles. The normalized spacial score (nSPS) is 26.5. The number of aromatic carboxylic acids is 1. The van der Waals surface area contributed by atoms with Gasteiger partial charge < -0.3 is 14.3 Å². The molecule has 0 amide bonds. The van der Waals surface area contributed by atoms with Crippen LogP contribution in [0.25, 0.3) is 0 Å². The monoisotopic (exact) mass is 212 g/mol. The summed E-state index contributed by atoms with van der Waals surface area (Å²) in [6, 6.07) is 0. The van der Waals surface area contributed by atoms with Gasteiger partial charge in [0.15, 0.2) is 0 Å². The van der Waals surface area contributed by atoms with Crippen LogP contribution in [-0.4, -0.2) is 34.5 Å². The van der Waals surface area contributed by atoms with Crippen LogP contribution in [0.2, 0.25) is 0 Å². The fourth-order valence-corrected chi connectivity index (χ4v) is 1.72. The Morgan fingerprint density at radius 1 is 1.53 bits per heavy atom. The highest BCUT2D eigenvalue weighted by atomic mass is 16.5. The van der Waals surface area contributed by atoms with E-state index in [1.165, 1.54) is 0 Å². The number of hydrogen-bond donors (Lipinski definition) is 1. The standard InChI is InChI=1S/C9H12N2O4/c1-5-4-14-3-2-6(5)7-10-11-8(15-7)9(12)13/h5-6H,2-4H2,1H3,(H,12,13). The molecule has 1 fully saturated rings. The van der Waals surface area contributed by atoms with Gasteiger partial charge in [-0.2, -0.15) is 0 Å². The summed E-state index contributed by atoms with van der Waals surface area (Å²) in [6.07, 6.45) is 0.794. The Labute approximate surface area is 86.3 Å². The molecule has 0 spiro atoms.